The van der Waals surface area contributed by atoms with Gasteiger partial charge in [-0.3, -0.25) is 4.79 Å². The van der Waals surface area contributed by atoms with E-state index in [1.165, 1.54) is 13.0 Å². The minimum Gasteiger partial charge on any atom is -0.507 e. The molecule has 0 fully saturated rings. The van der Waals surface area contributed by atoms with E-state index in [1.54, 1.807) is 25.1 Å². The SMILES string of the molecule is CC(=O)Oc1c(C)cc2cccc(O)c2c1O. The van der Waals surface area contributed by atoms with Gasteiger partial charge in [0.15, 0.2) is 11.5 Å². The maximum Gasteiger partial charge on any atom is 0.308 e. The van der Waals surface area contributed by atoms with Crippen LogP contribution in [0.1, 0.15) is 12.5 Å². The lowest BCUT2D eigenvalue weighted by molar-refractivity contribution is -0.132. The van der Waals surface area contributed by atoms with Crippen LogP contribution in [0.25, 0.3) is 10.8 Å². The summed E-state index contributed by atoms with van der Waals surface area (Å²) >= 11 is 0. The number of fused-ring (bicyclic) bond motifs is 1. The molecule has 0 unspecified atom stereocenters. The van der Waals surface area contributed by atoms with Crippen molar-refractivity contribution in [2.24, 2.45) is 0 Å². The van der Waals surface area contributed by atoms with Crippen molar-refractivity contribution in [2.75, 3.05) is 0 Å². The van der Waals surface area contributed by atoms with Gasteiger partial charge in [-0.05, 0) is 30.0 Å². The first-order chi connectivity index (χ1) is 8.00. The van der Waals surface area contributed by atoms with Gasteiger partial charge in [-0.2, -0.15) is 0 Å². The molecule has 0 bridgehead atoms. The predicted molar refractivity (Wildman–Crippen MR) is 63.3 cm³/mol. The molecule has 17 heavy (non-hydrogen) atoms. The van der Waals surface area contributed by atoms with Crippen LogP contribution in [0.4, 0.5) is 0 Å². The molecule has 0 atom stereocenters. The van der Waals surface area contributed by atoms with Crippen molar-refractivity contribution >= 4 is 16.7 Å². The monoisotopic (exact) mass is 232 g/mol. The van der Waals surface area contributed by atoms with E-state index in [2.05, 4.69) is 0 Å². The number of benzene rings is 2. The van der Waals surface area contributed by atoms with E-state index in [0.717, 1.165) is 0 Å². The van der Waals surface area contributed by atoms with Crippen molar-refractivity contribution in [3.8, 4) is 17.2 Å². The predicted octanol–water partition coefficient (Wildman–Crippen LogP) is 2.48. The summed E-state index contributed by atoms with van der Waals surface area (Å²) in [6.07, 6.45) is 0. The molecular weight excluding hydrogens is 220 g/mol. The molecule has 0 spiro atoms. The Hall–Kier alpha value is -2.23. The Labute approximate surface area is 98.1 Å². The summed E-state index contributed by atoms with van der Waals surface area (Å²) in [5, 5.41) is 20.7. The molecule has 0 aliphatic rings. The van der Waals surface area contributed by atoms with Crippen LogP contribution in [-0.4, -0.2) is 16.2 Å². The second kappa shape index (κ2) is 3.97. The fraction of sp³-hybridized carbons (Fsp3) is 0.154. The normalized spacial score (nSPS) is 10.5. The molecule has 2 N–H and O–H groups in total. The molecule has 2 rings (SSSR count). The molecule has 0 aromatic heterocycles. The van der Waals surface area contributed by atoms with E-state index in [0.29, 0.717) is 10.9 Å². The fourth-order valence-electron chi connectivity index (χ4n) is 1.81. The van der Waals surface area contributed by atoms with Crippen LogP contribution in [0.5, 0.6) is 17.2 Å². The third kappa shape index (κ3) is 1.89. The quantitative estimate of drug-likeness (QED) is 0.585. The number of ether oxygens (including phenoxy) is 1. The van der Waals surface area contributed by atoms with Crippen molar-refractivity contribution in [3.05, 3.63) is 29.8 Å². The molecular formula is C13H12O4. The van der Waals surface area contributed by atoms with Crippen LogP contribution in [-0.2, 0) is 4.79 Å². The number of carbonyl (C=O) groups is 1. The number of carbonyl (C=O) groups excluding carboxylic acids is 1. The van der Waals surface area contributed by atoms with Crippen LogP contribution >= 0.6 is 0 Å². The zero-order valence-electron chi connectivity index (χ0n) is 9.52. The third-order valence-corrected chi connectivity index (χ3v) is 2.50. The number of rotatable bonds is 1. The zero-order valence-corrected chi connectivity index (χ0v) is 9.52. The highest BCUT2D eigenvalue weighted by atomic mass is 16.5. The molecule has 0 amide bonds. The van der Waals surface area contributed by atoms with E-state index in [1.807, 2.05) is 0 Å². The Balaban J connectivity index is 2.78. The summed E-state index contributed by atoms with van der Waals surface area (Å²) in [6, 6.07) is 6.66. The van der Waals surface area contributed by atoms with Crippen molar-refractivity contribution < 1.29 is 19.7 Å². The minimum atomic E-state index is -0.516. The largest absolute Gasteiger partial charge is 0.507 e. The smallest absolute Gasteiger partial charge is 0.308 e. The van der Waals surface area contributed by atoms with E-state index in [-0.39, 0.29) is 22.6 Å². The number of phenolic OH excluding ortho intramolecular Hbond substituents is 2. The molecule has 0 radical (unpaired) electrons. The van der Waals surface area contributed by atoms with Gasteiger partial charge in [0.1, 0.15) is 5.75 Å². The van der Waals surface area contributed by atoms with Crippen LogP contribution < -0.4 is 4.74 Å². The molecule has 0 saturated carbocycles. The average Bonchev–Trinajstić information content (AvgIpc) is 2.23. The van der Waals surface area contributed by atoms with Gasteiger partial charge in [-0.1, -0.05) is 12.1 Å². The summed E-state index contributed by atoms with van der Waals surface area (Å²) in [5.74, 6) is -0.689. The number of esters is 1. The molecule has 0 aliphatic carbocycles. The summed E-state index contributed by atoms with van der Waals surface area (Å²) in [6.45, 7) is 2.98. The van der Waals surface area contributed by atoms with E-state index >= 15 is 0 Å². The van der Waals surface area contributed by atoms with Crippen LogP contribution in [0, 0.1) is 6.92 Å². The highest BCUT2D eigenvalue weighted by molar-refractivity contribution is 5.96. The average molecular weight is 232 g/mol. The van der Waals surface area contributed by atoms with Crippen molar-refractivity contribution in [3.63, 3.8) is 0 Å². The lowest BCUT2D eigenvalue weighted by atomic mass is 10.0. The molecule has 4 nitrogen and oxygen atoms in total. The van der Waals surface area contributed by atoms with Gasteiger partial charge in [0.2, 0.25) is 0 Å². The lowest BCUT2D eigenvalue weighted by Gasteiger charge is -2.11. The Morgan fingerprint density at radius 3 is 2.65 bits per heavy atom. The van der Waals surface area contributed by atoms with Crippen molar-refractivity contribution in [1.29, 1.82) is 0 Å². The van der Waals surface area contributed by atoms with Crippen molar-refractivity contribution in [2.45, 2.75) is 13.8 Å². The molecule has 4 heteroatoms. The summed E-state index contributed by atoms with van der Waals surface area (Å²) < 4.78 is 4.94. The third-order valence-electron chi connectivity index (χ3n) is 2.50. The highest BCUT2D eigenvalue weighted by Crippen LogP contribution is 2.41. The molecule has 2 aromatic rings. The Morgan fingerprint density at radius 1 is 1.29 bits per heavy atom. The first-order valence-electron chi connectivity index (χ1n) is 5.13. The number of hydrogen-bond donors (Lipinski definition) is 2. The number of aryl methyl sites for hydroxylation is 1. The maximum absolute atomic E-state index is 10.9. The molecule has 0 heterocycles. The number of hydrogen-bond acceptors (Lipinski definition) is 4. The maximum atomic E-state index is 10.9. The van der Waals surface area contributed by atoms with Gasteiger partial charge < -0.3 is 14.9 Å². The summed E-state index contributed by atoms with van der Waals surface area (Å²) in [4.78, 5) is 10.9. The zero-order chi connectivity index (χ0) is 12.6. The Bertz CT molecular complexity index is 602. The Kier molecular flexibility index (Phi) is 2.63. The fourth-order valence-corrected chi connectivity index (χ4v) is 1.81. The first-order valence-corrected chi connectivity index (χ1v) is 5.13. The van der Waals surface area contributed by atoms with Crippen LogP contribution in [0.3, 0.4) is 0 Å². The van der Waals surface area contributed by atoms with Gasteiger partial charge in [0, 0.05) is 6.92 Å². The molecule has 0 aliphatic heterocycles. The second-order valence-electron chi connectivity index (χ2n) is 3.84. The molecule has 88 valence electrons. The number of phenols is 2. The van der Waals surface area contributed by atoms with E-state index in [4.69, 9.17) is 4.74 Å². The summed E-state index contributed by atoms with van der Waals surface area (Å²) in [7, 11) is 0. The molecule has 2 aromatic carbocycles. The first kappa shape index (κ1) is 11.3. The highest BCUT2D eigenvalue weighted by Gasteiger charge is 2.15. The molecule has 0 saturated heterocycles. The Morgan fingerprint density at radius 2 is 2.00 bits per heavy atom. The standard InChI is InChI=1S/C13H12O4/c1-7-6-9-4-3-5-10(15)11(9)12(16)13(7)17-8(2)14/h3-6,15-16H,1-2H3. The van der Waals surface area contributed by atoms with Crippen molar-refractivity contribution in [1.82, 2.24) is 0 Å². The number of aromatic hydroxyl groups is 2. The van der Waals surface area contributed by atoms with Crippen LogP contribution in [0.15, 0.2) is 24.3 Å². The van der Waals surface area contributed by atoms with Gasteiger partial charge in [-0.25, -0.2) is 0 Å². The second-order valence-corrected chi connectivity index (χ2v) is 3.84. The van der Waals surface area contributed by atoms with Gasteiger partial charge >= 0.3 is 5.97 Å². The van der Waals surface area contributed by atoms with Gasteiger partial charge in [-0.15, -0.1) is 0 Å². The minimum absolute atomic E-state index is 0.0478. The topological polar surface area (TPSA) is 66.8 Å². The van der Waals surface area contributed by atoms with Crippen LogP contribution in [0.2, 0.25) is 0 Å². The van der Waals surface area contributed by atoms with Gasteiger partial charge in [0.25, 0.3) is 0 Å². The summed E-state index contributed by atoms with van der Waals surface area (Å²) in [5.41, 5.74) is 0.635. The van der Waals surface area contributed by atoms with E-state index in [9.17, 15) is 15.0 Å². The van der Waals surface area contributed by atoms with E-state index < -0.39 is 5.97 Å². The van der Waals surface area contributed by atoms with Gasteiger partial charge in [0.05, 0.1) is 5.39 Å². The lowest BCUT2D eigenvalue weighted by Crippen LogP contribution is -2.03.